The van der Waals surface area contributed by atoms with Crippen molar-refractivity contribution in [1.82, 2.24) is 10.1 Å². The zero-order valence-electron chi connectivity index (χ0n) is 10.7. The van der Waals surface area contributed by atoms with E-state index in [0.29, 0.717) is 11.8 Å². The maximum Gasteiger partial charge on any atom is 0.249 e. The van der Waals surface area contributed by atoms with Gasteiger partial charge in [-0.25, -0.2) is 0 Å². The average molecular weight is 243 g/mol. The highest BCUT2D eigenvalue weighted by atomic mass is 16.5. The molecule has 1 atom stereocenters. The van der Waals surface area contributed by atoms with E-state index in [4.69, 9.17) is 4.52 Å². The van der Waals surface area contributed by atoms with Crippen molar-refractivity contribution in [3.05, 3.63) is 41.5 Å². The molecule has 18 heavy (non-hydrogen) atoms. The molecule has 0 radical (unpaired) electrons. The topological polar surface area (TPSA) is 51.0 Å². The van der Waals surface area contributed by atoms with Gasteiger partial charge in [0.2, 0.25) is 5.89 Å². The smallest absolute Gasteiger partial charge is 0.249 e. The zero-order chi connectivity index (χ0) is 12.5. The second-order valence-corrected chi connectivity index (χ2v) is 5.21. The lowest BCUT2D eigenvalue weighted by Gasteiger charge is -2.04. The summed E-state index contributed by atoms with van der Waals surface area (Å²) >= 11 is 0. The summed E-state index contributed by atoms with van der Waals surface area (Å²) in [6.07, 6.45) is 1.78. The van der Waals surface area contributed by atoms with Crippen LogP contribution in [-0.2, 0) is 12.8 Å². The predicted molar refractivity (Wildman–Crippen MR) is 69.3 cm³/mol. The molecule has 3 rings (SSSR count). The van der Waals surface area contributed by atoms with E-state index in [-0.39, 0.29) is 6.04 Å². The first kappa shape index (κ1) is 11.3. The van der Waals surface area contributed by atoms with Crippen LogP contribution in [0.25, 0.3) is 0 Å². The summed E-state index contributed by atoms with van der Waals surface area (Å²) in [4.78, 5) is 4.48. The highest BCUT2D eigenvalue weighted by Gasteiger charge is 2.26. The Bertz CT molecular complexity index is 522. The molecule has 0 fully saturated rings. The third kappa shape index (κ3) is 2.10. The molecule has 1 aliphatic rings. The molecule has 0 amide bonds. The van der Waals surface area contributed by atoms with Gasteiger partial charge in [-0.2, -0.15) is 4.98 Å². The summed E-state index contributed by atoms with van der Waals surface area (Å²) in [5, 5.41) is 7.46. The van der Waals surface area contributed by atoms with E-state index >= 15 is 0 Å². The minimum atomic E-state index is 0.121. The lowest BCUT2D eigenvalue weighted by Crippen LogP contribution is -2.06. The Morgan fingerprint density at radius 1 is 1.39 bits per heavy atom. The van der Waals surface area contributed by atoms with Crippen molar-refractivity contribution in [1.29, 1.82) is 0 Å². The van der Waals surface area contributed by atoms with Gasteiger partial charge in [-0.15, -0.1) is 0 Å². The molecule has 1 aromatic heterocycles. The van der Waals surface area contributed by atoms with Crippen LogP contribution in [0.2, 0.25) is 0 Å². The zero-order valence-corrected chi connectivity index (χ0v) is 10.7. The molecule has 2 heterocycles. The summed E-state index contributed by atoms with van der Waals surface area (Å²) < 4.78 is 5.36. The molecular formula is C14H17N3O. The van der Waals surface area contributed by atoms with Gasteiger partial charge in [0.1, 0.15) is 6.04 Å². The Labute approximate surface area is 106 Å². The minimum absolute atomic E-state index is 0.121. The second-order valence-electron chi connectivity index (χ2n) is 5.21. The van der Waals surface area contributed by atoms with Gasteiger partial charge in [-0.3, -0.25) is 0 Å². The molecule has 1 N–H and O–H groups in total. The Kier molecular flexibility index (Phi) is 2.78. The van der Waals surface area contributed by atoms with E-state index in [1.807, 2.05) is 6.07 Å². The number of aromatic nitrogens is 2. The first-order valence-corrected chi connectivity index (χ1v) is 6.39. The summed E-state index contributed by atoms with van der Waals surface area (Å²) in [5.74, 6) is 2.05. The number of nitrogens with zero attached hydrogens (tertiary/aromatic N) is 2. The van der Waals surface area contributed by atoms with Crippen LogP contribution in [0.3, 0.4) is 0 Å². The van der Waals surface area contributed by atoms with Gasteiger partial charge >= 0.3 is 0 Å². The average Bonchev–Trinajstić information content (AvgIpc) is 2.93. The fourth-order valence-corrected chi connectivity index (χ4v) is 2.30. The van der Waals surface area contributed by atoms with Crippen LogP contribution < -0.4 is 5.32 Å². The molecule has 1 aliphatic heterocycles. The summed E-state index contributed by atoms with van der Waals surface area (Å²) in [7, 11) is 0. The molecule has 2 aromatic rings. The van der Waals surface area contributed by atoms with E-state index < -0.39 is 0 Å². The molecule has 0 aliphatic carbocycles. The molecule has 1 aromatic carbocycles. The molecule has 0 saturated carbocycles. The predicted octanol–water partition coefficient (Wildman–Crippen LogP) is 2.98. The molecule has 0 unspecified atom stereocenters. The fraction of sp³-hybridized carbons (Fsp3) is 0.429. The Balaban J connectivity index is 1.76. The lowest BCUT2D eigenvalue weighted by molar-refractivity contribution is 0.357. The maximum absolute atomic E-state index is 5.36. The SMILES string of the molecule is CC(C)Cc1noc([C@@H]2Cc3ccccc3N2)n1. The Morgan fingerprint density at radius 2 is 2.22 bits per heavy atom. The quantitative estimate of drug-likeness (QED) is 0.900. The van der Waals surface area contributed by atoms with Crippen LogP contribution in [0.4, 0.5) is 5.69 Å². The van der Waals surface area contributed by atoms with Crippen LogP contribution in [-0.4, -0.2) is 10.1 Å². The van der Waals surface area contributed by atoms with Crippen molar-refractivity contribution in [2.24, 2.45) is 5.92 Å². The number of rotatable bonds is 3. The van der Waals surface area contributed by atoms with Gasteiger partial charge < -0.3 is 9.84 Å². The Morgan fingerprint density at radius 3 is 3.00 bits per heavy atom. The number of hydrogen-bond acceptors (Lipinski definition) is 4. The van der Waals surface area contributed by atoms with E-state index in [0.717, 1.165) is 18.7 Å². The van der Waals surface area contributed by atoms with Crippen LogP contribution in [0.1, 0.15) is 37.2 Å². The molecule has 0 spiro atoms. The van der Waals surface area contributed by atoms with Gasteiger partial charge in [0, 0.05) is 18.5 Å². The highest BCUT2D eigenvalue weighted by molar-refractivity contribution is 5.56. The normalized spacial score (nSPS) is 17.8. The number of benzene rings is 1. The third-order valence-electron chi connectivity index (χ3n) is 3.14. The number of hydrogen-bond donors (Lipinski definition) is 1. The van der Waals surface area contributed by atoms with Gasteiger partial charge in [0.25, 0.3) is 0 Å². The maximum atomic E-state index is 5.36. The van der Waals surface area contributed by atoms with Crippen molar-refractivity contribution in [3.8, 4) is 0 Å². The first-order chi connectivity index (χ1) is 8.72. The monoisotopic (exact) mass is 243 g/mol. The van der Waals surface area contributed by atoms with Gasteiger partial charge in [0.05, 0.1) is 0 Å². The number of para-hydroxylation sites is 1. The largest absolute Gasteiger partial charge is 0.373 e. The van der Waals surface area contributed by atoms with Crippen LogP contribution in [0, 0.1) is 5.92 Å². The van der Waals surface area contributed by atoms with Crippen molar-refractivity contribution in [2.75, 3.05) is 5.32 Å². The van der Waals surface area contributed by atoms with Crippen molar-refractivity contribution < 1.29 is 4.52 Å². The van der Waals surface area contributed by atoms with E-state index in [1.54, 1.807) is 0 Å². The fourth-order valence-electron chi connectivity index (χ4n) is 2.30. The minimum Gasteiger partial charge on any atom is -0.373 e. The summed E-state index contributed by atoms with van der Waals surface area (Å²) in [6.45, 7) is 4.30. The lowest BCUT2D eigenvalue weighted by atomic mass is 10.1. The molecule has 94 valence electrons. The van der Waals surface area contributed by atoms with Gasteiger partial charge in [-0.1, -0.05) is 37.2 Å². The second kappa shape index (κ2) is 4.44. The van der Waals surface area contributed by atoms with Gasteiger partial charge in [-0.05, 0) is 17.5 Å². The number of anilines is 1. The van der Waals surface area contributed by atoms with E-state index in [1.165, 1.54) is 11.3 Å². The Hall–Kier alpha value is -1.84. The molecule has 0 bridgehead atoms. The molecule has 0 saturated heterocycles. The van der Waals surface area contributed by atoms with Gasteiger partial charge in [0.15, 0.2) is 5.82 Å². The third-order valence-corrected chi connectivity index (χ3v) is 3.14. The highest BCUT2D eigenvalue weighted by Crippen LogP contribution is 2.33. The van der Waals surface area contributed by atoms with Crippen molar-refractivity contribution >= 4 is 5.69 Å². The number of fused-ring (bicyclic) bond motifs is 1. The first-order valence-electron chi connectivity index (χ1n) is 6.39. The standard InChI is InChI=1S/C14H17N3O/c1-9(2)7-13-16-14(18-17-13)12-8-10-5-3-4-6-11(10)15-12/h3-6,9,12,15H,7-8H2,1-2H3/t12-/m0/s1. The van der Waals surface area contributed by atoms with E-state index in [9.17, 15) is 0 Å². The summed E-state index contributed by atoms with van der Waals surface area (Å²) in [5.41, 5.74) is 2.48. The number of nitrogens with one attached hydrogen (secondary N) is 1. The van der Waals surface area contributed by atoms with Crippen molar-refractivity contribution in [2.45, 2.75) is 32.7 Å². The molecular weight excluding hydrogens is 226 g/mol. The summed E-state index contributed by atoms with van der Waals surface area (Å²) in [6, 6.07) is 8.43. The van der Waals surface area contributed by atoms with E-state index in [2.05, 4.69) is 47.5 Å². The van der Waals surface area contributed by atoms with Crippen molar-refractivity contribution in [3.63, 3.8) is 0 Å². The van der Waals surface area contributed by atoms with Crippen LogP contribution in [0.15, 0.2) is 28.8 Å². The van der Waals surface area contributed by atoms with Crippen LogP contribution in [0.5, 0.6) is 0 Å². The molecule has 4 nitrogen and oxygen atoms in total. The van der Waals surface area contributed by atoms with Crippen LogP contribution >= 0.6 is 0 Å². The molecule has 4 heteroatoms.